The molecule has 3 rings (SSSR count). The second-order valence-electron chi connectivity index (χ2n) is 4.38. The van der Waals surface area contributed by atoms with Crippen LogP contribution in [0.4, 0.5) is 0 Å². The van der Waals surface area contributed by atoms with Crippen LogP contribution in [0.3, 0.4) is 0 Å². The molecular formula is C14H12N4O. The van der Waals surface area contributed by atoms with E-state index in [2.05, 4.69) is 16.0 Å². The Kier molecular flexibility index (Phi) is 2.50. The van der Waals surface area contributed by atoms with Gasteiger partial charge in [-0.15, -0.1) is 0 Å². The number of fused-ring (bicyclic) bond motifs is 1. The zero-order valence-corrected chi connectivity index (χ0v) is 10.3. The van der Waals surface area contributed by atoms with E-state index in [1.54, 1.807) is 0 Å². The van der Waals surface area contributed by atoms with Crippen molar-refractivity contribution in [2.45, 2.75) is 12.8 Å². The molecule has 1 aromatic carbocycles. The number of allylic oxidation sites excluding steroid dienone is 1. The minimum atomic E-state index is -0.254. The smallest absolute Gasteiger partial charge is 0.243 e. The molecule has 1 unspecified atom stereocenters. The highest BCUT2D eigenvalue weighted by atomic mass is 16.5. The fourth-order valence-electron chi connectivity index (χ4n) is 2.31. The van der Waals surface area contributed by atoms with E-state index in [9.17, 15) is 5.26 Å². The van der Waals surface area contributed by atoms with Crippen molar-refractivity contribution in [3.05, 3.63) is 58.9 Å². The number of nitrogens with one attached hydrogen (secondary N) is 1. The number of aryl methyl sites for hydroxylation is 1. The van der Waals surface area contributed by atoms with Gasteiger partial charge in [0, 0.05) is 0 Å². The molecule has 1 aromatic heterocycles. The number of rotatable bonds is 1. The fraction of sp³-hybridized carbons (Fsp3) is 0.143. The van der Waals surface area contributed by atoms with E-state index >= 15 is 0 Å². The minimum Gasteiger partial charge on any atom is -0.420 e. The van der Waals surface area contributed by atoms with Gasteiger partial charge in [0.2, 0.25) is 11.8 Å². The summed E-state index contributed by atoms with van der Waals surface area (Å²) in [5.41, 5.74) is 7.98. The first kappa shape index (κ1) is 11.4. The molecule has 0 saturated carbocycles. The molecule has 0 fully saturated rings. The van der Waals surface area contributed by atoms with Crippen LogP contribution < -0.4 is 10.5 Å². The van der Waals surface area contributed by atoms with Gasteiger partial charge in [-0.1, -0.05) is 30.3 Å². The number of nitrogens with zero attached hydrogens (tertiary/aromatic N) is 2. The van der Waals surface area contributed by atoms with E-state index in [0.29, 0.717) is 11.5 Å². The molecule has 0 saturated heterocycles. The standard InChI is InChI=1S/C14H12N4O/c1-8-17-12-11(9-5-3-2-4-6-9)10(7-15)13(16)19-14(12)18-8/h2-6,11H,16H2,1H3,(H,17,18). The number of H-pyrrole nitrogens is 1. The summed E-state index contributed by atoms with van der Waals surface area (Å²) in [5, 5.41) is 9.32. The predicted octanol–water partition coefficient (Wildman–Crippen LogP) is 1.94. The monoisotopic (exact) mass is 252 g/mol. The number of imidazole rings is 1. The summed E-state index contributed by atoms with van der Waals surface area (Å²) in [6.07, 6.45) is 0. The number of nitriles is 1. The highest BCUT2D eigenvalue weighted by Crippen LogP contribution is 2.40. The van der Waals surface area contributed by atoms with Gasteiger partial charge in [-0.3, -0.25) is 0 Å². The van der Waals surface area contributed by atoms with Crippen molar-refractivity contribution in [2.75, 3.05) is 0 Å². The molecule has 5 heteroatoms. The Morgan fingerprint density at radius 1 is 1.37 bits per heavy atom. The van der Waals surface area contributed by atoms with Crippen molar-refractivity contribution in [2.24, 2.45) is 5.73 Å². The summed E-state index contributed by atoms with van der Waals surface area (Å²) < 4.78 is 5.40. The van der Waals surface area contributed by atoms with Crippen molar-refractivity contribution >= 4 is 0 Å². The van der Waals surface area contributed by atoms with Crippen LogP contribution in [-0.2, 0) is 0 Å². The second kappa shape index (κ2) is 4.18. The lowest BCUT2D eigenvalue weighted by atomic mass is 9.88. The first-order chi connectivity index (χ1) is 9.20. The lowest BCUT2D eigenvalue weighted by Gasteiger charge is -2.22. The largest absolute Gasteiger partial charge is 0.420 e. The van der Waals surface area contributed by atoms with Gasteiger partial charge in [-0.25, -0.2) is 0 Å². The molecule has 94 valence electrons. The zero-order valence-electron chi connectivity index (χ0n) is 10.3. The van der Waals surface area contributed by atoms with E-state index in [1.807, 2.05) is 37.3 Å². The predicted molar refractivity (Wildman–Crippen MR) is 69.1 cm³/mol. The Morgan fingerprint density at radius 2 is 2.11 bits per heavy atom. The normalized spacial score (nSPS) is 17.6. The minimum absolute atomic E-state index is 0.121. The van der Waals surface area contributed by atoms with Crippen LogP contribution in [0.1, 0.15) is 23.0 Å². The van der Waals surface area contributed by atoms with Gasteiger partial charge in [-0.05, 0) is 12.5 Å². The molecule has 1 aliphatic heterocycles. The lowest BCUT2D eigenvalue weighted by molar-refractivity contribution is 0.379. The molecule has 0 aliphatic carbocycles. The molecule has 1 atom stereocenters. The van der Waals surface area contributed by atoms with Gasteiger partial charge in [0.05, 0.1) is 11.6 Å². The Hall–Kier alpha value is -2.74. The Balaban J connectivity index is 2.22. The number of benzene rings is 1. The van der Waals surface area contributed by atoms with Gasteiger partial charge >= 0.3 is 0 Å². The van der Waals surface area contributed by atoms with Crippen LogP contribution in [0, 0.1) is 18.3 Å². The summed E-state index contributed by atoms with van der Waals surface area (Å²) in [6.45, 7) is 1.84. The number of aromatic nitrogens is 2. The fourth-order valence-corrected chi connectivity index (χ4v) is 2.31. The van der Waals surface area contributed by atoms with Crippen LogP contribution in [-0.4, -0.2) is 9.97 Å². The van der Waals surface area contributed by atoms with Crippen LogP contribution in [0.5, 0.6) is 5.88 Å². The summed E-state index contributed by atoms with van der Waals surface area (Å²) >= 11 is 0. The van der Waals surface area contributed by atoms with Crippen molar-refractivity contribution in [1.82, 2.24) is 9.97 Å². The Labute approximate surface area is 110 Å². The molecule has 19 heavy (non-hydrogen) atoms. The van der Waals surface area contributed by atoms with Crippen LogP contribution >= 0.6 is 0 Å². The van der Waals surface area contributed by atoms with Crippen molar-refractivity contribution in [1.29, 1.82) is 5.26 Å². The average molecular weight is 252 g/mol. The summed E-state index contributed by atoms with van der Waals surface area (Å²) in [5.74, 6) is 1.05. The first-order valence-electron chi connectivity index (χ1n) is 5.89. The first-order valence-corrected chi connectivity index (χ1v) is 5.89. The highest BCUT2D eigenvalue weighted by Gasteiger charge is 2.33. The molecule has 0 spiro atoms. The van der Waals surface area contributed by atoms with E-state index in [0.717, 1.165) is 17.1 Å². The number of hydrogen-bond donors (Lipinski definition) is 2. The van der Waals surface area contributed by atoms with Gasteiger partial charge < -0.3 is 15.5 Å². The third-order valence-corrected chi connectivity index (χ3v) is 3.12. The number of aromatic amines is 1. The maximum absolute atomic E-state index is 9.32. The molecule has 0 amide bonds. The number of ether oxygens (including phenoxy) is 1. The lowest BCUT2D eigenvalue weighted by Crippen LogP contribution is -2.21. The molecule has 3 N–H and O–H groups in total. The van der Waals surface area contributed by atoms with Crippen molar-refractivity contribution in [3.63, 3.8) is 0 Å². The topological polar surface area (TPSA) is 87.7 Å². The third kappa shape index (κ3) is 1.74. The van der Waals surface area contributed by atoms with Crippen LogP contribution in [0.15, 0.2) is 41.8 Å². The quantitative estimate of drug-likeness (QED) is 0.811. The molecular weight excluding hydrogens is 240 g/mol. The van der Waals surface area contributed by atoms with E-state index in [4.69, 9.17) is 10.5 Å². The average Bonchev–Trinajstić information content (AvgIpc) is 2.77. The van der Waals surface area contributed by atoms with Gasteiger partial charge in [0.15, 0.2) is 0 Å². The maximum atomic E-state index is 9.32. The summed E-state index contributed by atoms with van der Waals surface area (Å²) in [4.78, 5) is 7.40. The van der Waals surface area contributed by atoms with E-state index in [-0.39, 0.29) is 11.8 Å². The molecule has 0 bridgehead atoms. The van der Waals surface area contributed by atoms with Crippen LogP contribution in [0.25, 0.3) is 0 Å². The Morgan fingerprint density at radius 3 is 2.79 bits per heavy atom. The maximum Gasteiger partial charge on any atom is 0.243 e. The molecule has 0 radical (unpaired) electrons. The third-order valence-electron chi connectivity index (χ3n) is 3.12. The van der Waals surface area contributed by atoms with E-state index < -0.39 is 0 Å². The zero-order chi connectivity index (χ0) is 13.4. The highest BCUT2D eigenvalue weighted by molar-refractivity contribution is 5.51. The van der Waals surface area contributed by atoms with Crippen molar-refractivity contribution < 1.29 is 4.74 Å². The summed E-state index contributed by atoms with van der Waals surface area (Å²) in [6, 6.07) is 11.8. The van der Waals surface area contributed by atoms with Crippen molar-refractivity contribution in [3.8, 4) is 11.9 Å². The molecule has 5 nitrogen and oxygen atoms in total. The molecule has 1 aliphatic rings. The second-order valence-corrected chi connectivity index (χ2v) is 4.38. The van der Waals surface area contributed by atoms with Gasteiger partial charge in [0.1, 0.15) is 17.5 Å². The van der Waals surface area contributed by atoms with Gasteiger partial charge in [-0.2, -0.15) is 10.2 Å². The SMILES string of the molecule is Cc1nc2c([nH]1)C(c1ccccc1)C(C#N)=C(N)O2. The van der Waals surface area contributed by atoms with Crippen LogP contribution in [0.2, 0.25) is 0 Å². The number of nitrogens with two attached hydrogens (primary N) is 1. The number of hydrogen-bond acceptors (Lipinski definition) is 4. The van der Waals surface area contributed by atoms with Gasteiger partial charge in [0.25, 0.3) is 0 Å². The molecule has 2 heterocycles. The van der Waals surface area contributed by atoms with E-state index in [1.165, 1.54) is 0 Å². The summed E-state index contributed by atoms with van der Waals surface area (Å²) in [7, 11) is 0. The molecule has 2 aromatic rings. The Bertz CT molecular complexity index is 694.